The van der Waals surface area contributed by atoms with Crippen molar-refractivity contribution in [3.8, 4) is 11.3 Å². The summed E-state index contributed by atoms with van der Waals surface area (Å²) in [5, 5.41) is 11.2. The van der Waals surface area contributed by atoms with Crippen molar-refractivity contribution in [1.82, 2.24) is 24.8 Å². The first kappa shape index (κ1) is 21.3. The quantitative estimate of drug-likeness (QED) is 0.475. The second-order valence-corrected chi connectivity index (χ2v) is 10.00. The molecule has 0 radical (unpaired) electrons. The molecule has 9 heteroatoms. The molecule has 1 unspecified atom stereocenters. The lowest BCUT2D eigenvalue weighted by atomic mass is 10.0. The van der Waals surface area contributed by atoms with Gasteiger partial charge in [0.05, 0.1) is 10.4 Å². The van der Waals surface area contributed by atoms with Gasteiger partial charge in [0.15, 0.2) is 0 Å². The maximum absolute atomic E-state index is 13.0. The zero-order valence-corrected chi connectivity index (χ0v) is 18.6. The molecule has 5 rings (SSSR count). The highest BCUT2D eigenvalue weighted by atomic mass is 32.2. The molecule has 0 aliphatic carbocycles. The highest BCUT2D eigenvalue weighted by Gasteiger charge is 2.31. The highest BCUT2D eigenvalue weighted by molar-refractivity contribution is 7.89. The third kappa shape index (κ3) is 4.24. The number of amides is 1. The number of nitrogens with zero attached hydrogens (tertiary/aromatic N) is 3. The zero-order valence-electron chi connectivity index (χ0n) is 17.8. The average molecular weight is 462 g/mol. The molecular weight excluding hydrogens is 438 g/mol. The number of hydrogen-bond acceptors (Lipinski definition) is 5. The van der Waals surface area contributed by atoms with Crippen LogP contribution in [0, 0.1) is 0 Å². The molecule has 3 heterocycles. The highest BCUT2D eigenvalue weighted by Crippen LogP contribution is 2.27. The number of H-pyrrole nitrogens is 1. The largest absolute Gasteiger partial charge is 0.348 e. The van der Waals surface area contributed by atoms with Crippen LogP contribution in [-0.2, 0) is 10.0 Å². The number of carbonyl (C=O) groups is 1. The number of rotatable bonds is 5. The van der Waals surface area contributed by atoms with Crippen LogP contribution in [0.2, 0.25) is 0 Å². The molecule has 1 aliphatic heterocycles. The molecule has 1 fully saturated rings. The molecule has 1 saturated heterocycles. The summed E-state index contributed by atoms with van der Waals surface area (Å²) in [6.07, 6.45) is 4.81. The van der Waals surface area contributed by atoms with Crippen LogP contribution >= 0.6 is 0 Å². The molecule has 2 aromatic carbocycles. The summed E-state index contributed by atoms with van der Waals surface area (Å²) in [4.78, 5) is 17.3. The maximum Gasteiger partial charge on any atom is 0.251 e. The van der Waals surface area contributed by atoms with Crippen LogP contribution in [-0.4, -0.2) is 52.9 Å². The van der Waals surface area contributed by atoms with Gasteiger partial charge < -0.3 is 5.32 Å². The Hall–Kier alpha value is -3.56. The SMILES string of the molecule is O=C(NC1CCCN(S(=O)(=O)c2ccccc2)C1)c1ccc2[nH]nc(-c3ccncc3)c2c1. The average Bonchev–Trinajstić information content (AvgIpc) is 3.28. The Morgan fingerprint density at radius 1 is 1.06 bits per heavy atom. The van der Waals surface area contributed by atoms with Crippen molar-refractivity contribution in [2.75, 3.05) is 13.1 Å². The van der Waals surface area contributed by atoms with Gasteiger partial charge in [-0.25, -0.2) is 8.42 Å². The van der Waals surface area contributed by atoms with Crippen LogP contribution in [0.4, 0.5) is 0 Å². The Bertz CT molecular complexity index is 1390. The lowest BCUT2D eigenvalue weighted by molar-refractivity contribution is 0.0921. The number of sulfonamides is 1. The van der Waals surface area contributed by atoms with E-state index in [1.165, 1.54) is 4.31 Å². The van der Waals surface area contributed by atoms with E-state index >= 15 is 0 Å². The summed E-state index contributed by atoms with van der Waals surface area (Å²) in [6.45, 7) is 0.694. The van der Waals surface area contributed by atoms with Crippen molar-refractivity contribution in [2.24, 2.45) is 0 Å². The molecule has 1 atom stereocenters. The number of carbonyl (C=O) groups excluding carboxylic acids is 1. The molecule has 1 amide bonds. The number of benzene rings is 2. The van der Waals surface area contributed by atoms with Gasteiger partial charge in [-0.2, -0.15) is 9.40 Å². The summed E-state index contributed by atoms with van der Waals surface area (Å²) in [7, 11) is -3.59. The molecule has 4 aromatic rings. The normalized spacial score (nSPS) is 17.2. The van der Waals surface area contributed by atoms with E-state index in [1.807, 2.05) is 24.3 Å². The Morgan fingerprint density at radius 3 is 2.64 bits per heavy atom. The Labute approximate surface area is 191 Å². The monoisotopic (exact) mass is 461 g/mol. The lowest BCUT2D eigenvalue weighted by Crippen LogP contribution is -2.49. The van der Waals surface area contributed by atoms with E-state index in [0.29, 0.717) is 18.5 Å². The molecule has 8 nitrogen and oxygen atoms in total. The Kier molecular flexibility index (Phi) is 5.65. The number of piperidine rings is 1. The lowest BCUT2D eigenvalue weighted by Gasteiger charge is -2.32. The maximum atomic E-state index is 13.0. The van der Waals surface area contributed by atoms with Gasteiger partial charge in [0.1, 0.15) is 5.69 Å². The van der Waals surface area contributed by atoms with Crippen molar-refractivity contribution >= 4 is 26.8 Å². The van der Waals surface area contributed by atoms with Crippen molar-refractivity contribution in [2.45, 2.75) is 23.8 Å². The molecule has 1 aliphatic rings. The second kappa shape index (κ2) is 8.76. The first-order valence-electron chi connectivity index (χ1n) is 10.8. The van der Waals surface area contributed by atoms with Crippen LogP contribution in [0.1, 0.15) is 23.2 Å². The second-order valence-electron chi connectivity index (χ2n) is 8.06. The van der Waals surface area contributed by atoms with Gasteiger partial charge in [0.2, 0.25) is 10.0 Å². The van der Waals surface area contributed by atoms with E-state index in [4.69, 9.17) is 0 Å². The Morgan fingerprint density at radius 2 is 1.85 bits per heavy atom. The third-order valence-electron chi connectivity index (χ3n) is 5.88. The zero-order chi connectivity index (χ0) is 22.8. The molecule has 168 valence electrons. The predicted octanol–water partition coefficient (Wildman–Crippen LogP) is 3.21. The van der Waals surface area contributed by atoms with Gasteiger partial charge in [-0.05, 0) is 55.3 Å². The molecule has 0 saturated carbocycles. The fourth-order valence-electron chi connectivity index (χ4n) is 4.17. The number of aromatic amines is 1. The minimum atomic E-state index is -3.59. The molecule has 2 N–H and O–H groups in total. The van der Waals surface area contributed by atoms with Gasteiger partial charge in [-0.1, -0.05) is 18.2 Å². The fourth-order valence-corrected chi connectivity index (χ4v) is 5.72. The molecular formula is C24H23N5O3S. The van der Waals surface area contributed by atoms with E-state index in [0.717, 1.165) is 28.6 Å². The van der Waals surface area contributed by atoms with Crippen molar-refractivity contribution < 1.29 is 13.2 Å². The van der Waals surface area contributed by atoms with Crippen molar-refractivity contribution in [1.29, 1.82) is 0 Å². The Balaban J connectivity index is 1.34. The first-order chi connectivity index (χ1) is 16.0. The summed E-state index contributed by atoms with van der Waals surface area (Å²) in [5.74, 6) is -0.234. The van der Waals surface area contributed by atoms with E-state index in [2.05, 4.69) is 20.5 Å². The summed E-state index contributed by atoms with van der Waals surface area (Å²) < 4.78 is 27.4. The molecule has 33 heavy (non-hydrogen) atoms. The van der Waals surface area contributed by atoms with E-state index < -0.39 is 10.0 Å². The standard InChI is InChI=1S/C24H23N5O3S/c30-24(18-8-9-22-21(15-18)23(28-27-22)17-10-12-25-13-11-17)26-19-5-4-14-29(16-19)33(31,32)20-6-2-1-3-7-20/h1-3,6-13,15,19H,4-5,14,16H2,(H,26,30)(H,27,28). The fraction of sp³-hybridized carbons (Fsp3) is 0.208. The molecule has 0 spiro atoms. The van der Waals surface area contributed by atoms with Gasteiger partial charge >= 0.3 is 0 Å². The van der Waals surface area contributed by atoms with Crippen molar-refractivity contribution in [3.05, 3.63) is 78.6 Å². The topological polar surface area (TPSA) is 108 Å². The van der Waals surface area contributed by atoms with Gasteiger partial charge in [0, 0.05) is 48.0 Å². The predicted molar refractivity (Wildman–Crippen MR) is 125 cm³/mol. The number of hydrogen-bond donors (Lipinski definition) is 2. The van der Waals surface area contributed by atoms with E-state index in [1.54, 1.807) is 48.8 Å². The van der Waals surface area contributed by atoms with E-state index in [-0.39, 0.29) is 23.4 Å². The first-order valence-corrected chi connectivity index (χ1v) is 12.2. The van der Waals surface area contributed by atoms with Crippen LogP contribution in [0.5, 0.6) is 0 Å². The number of nitrogens with one attached hydrogen (secondary N) is 2. The number of aromatic nitrogens is 3. The van der Waals surface area contributed by atoms with Gasteiger partial charge in [-0.15, -0.1) is 0 Å². The third-order valence-corrected chi connectivity index (χ3v) is 7.76. The number of fused-ring (bicyclic) bond motifs is 1. The van der Waals surface area contributed by atoms with Crippen molar-refractivity contribution in [3.63, 3.8) is 0 Å². The summed E-state index contributed by atoms with van der Waals surface area (Å²) in [6, 6.07) is 17.3. The molecule has 2 aromatic heterocycles. The summed E-state index contributed by atoms with van der Waals surface area (Å²) in [5.41, 5.74) is 2.99. The van der Waals surface area contributed by atoms with E-state index in [9.17, 15) is 13.2 Å². The van der Waals surface area contributed by atoms with Crippen LogP contribution < -0.4 is 5.32 Å². The summed E-state index contributed by atoms with van der Waals surface area (Å²) >= 11 is 0. The van der Waals surface area contributed by atoms with Crippen LogP contribution in [0.25, 0.3) is 22.2 Å². The molecule has 0 bridgehead atoms. The van der Waals surface area contributed by atoms with Gasteiger partial charge in [-0.3, -0.25) is 14.9 Å². The minimum Gasteiger partial charge on any atom is -0.348 e. The number of pyridine rings is 1. The van der Waals surface area contributed by atoms with Gasteiger partial charge in [0.25, 0.3) is 5.91 Å². The minimum absolute atomic E-state index is 0.234. The van der Waals surface area contributed by atoms with Crippen LogP contribution in [0.3, 0.4) is 0 Å². The smallest absolute Gasteiger partial charge is 0.251 e. The van der Waals surface area contributed by atoms with Crippen LogP contribution in [0.15, 0.2) is 78.0 Å².